The Morgan fingerprint density at radius 2 is 0.811 bits per heavy atom. The van der Waals surface area contributed by atoms with Crippen LogP contribution in [0.1, 0.15) is 97.3 Å². The third kappa shape index (κ3) is 33.1. The average Bonchev–Trinajstić information content (AvgIpc) is 0.942. The highest BCUT2D eigenvalue weighted by atomic mass is 35.5. The summed E-state index contributed by atoms with van der Waals surface area (Å²) in [5.41, 5.74) is 19.8. The lowest BCUT2D eigenvalue weighted by molar-refractivity contribution is -0.914. The number of benzene rings is 2. The molecule has 4 aromatic rings. The molecule has 2 aromatic heterocycles. The summed E-state index contributed by atoms with van der Waals surface area (Å²) in [6.45, 7) is 14.4. The molecule has 0 fully saturated rings. The Kier molecular flexibility index (Phi) is 39.3. The Morgan fingerprint density at radius 1 is 0.453 bits per heavy atom. The molecule has 2 aromatic carbocycles. The number of aromatic nitrogens is 4. The van der Waals surface area contributed by atoms with Crippen LogP contribution in [0.15, 0.2) is 48.5 Å². The molecule has 2 unspecified atom stereocenters. The van der Waals surface area contributed by atoms with Crippen molar-refractivity contribution < 1.29 is 66.0 Å². The first-order valence-corrected chi connectivity index (χ1v) is 33.8. The van der Waals surface area contributed by atoms with Crippen molar-refractivity contribution >= 4 is 70.3 Å². The number of nitrogen functional groups attached to an aromatic ring is 3. The van der Waals surface area contributed by atoms with Crippen LogP contribution in [0.4, 0.5) is 32.9 Å². The van der Waals surface area contributed by atoms with Gasteiger partial charge in [0.2, 0.25) is 0 Å². The molecule has 0 bridgehead atoms. The van der Waals surface area contributed by atoms with E-state index in [4.69, 9.17) is 78.3 Å². The summed E-state index contributed by atoms with van der Waals surface area (Å²) in [6.07, 6.45) is 9.03. The molecule has 0 saturated heterocycles. The number of anilines is 4. The maximum Gasteiger partial charge on any atom is 0.314 e. The number of likely N-dealkylation sites (N-methyl/N-ethyl adjacent to an activating group) is 2. The largest absolute Gasteiger partial charge is 0.491 e. The summed E-state index contributed by atoms with van der Waals surface area (Å²) in [4.78, 5) is 66.4. The second-order valence-corrected chi connectivity index (χ2v) is 24.4. The fraction of sp³-hybridized carbons (Fsp3) is 0.631. The van der Waals surface area contributed by atoms with Crippen LogP contribution < -0.4 is 63.9 Å². The zero-order valence-electron chi connectivity index (χ0n) is 57.0. The maximum atomic E-state index is 13.1. The predicted octanol–water partition coefficient (Wildman–Crippen LogP) is 5.51. The fourth-order valence-electron chi connectivity index (χ4n) is 10.0. The number of nitrogens with two attached hydrogens (primary N) is 3. The molecular formula is C65H108Cl2N16O12+2. The quantitative estimate of drug-likeness (QED) is 0.0192. The molecule has 0 aliphatic rings. The first-order chi connectivity index (χ1) is 45.8. The van der Waals surface area contributed by atoms with Gasteiger partial charge in [-0.1, -0.05) is 74.2 Å². The summed E-state index contributed by atoms with van der Waals surface area (Å²) in [5.74, 6) is 1.05. The number of hydrogen-bond acceptors (Lipinski definition) is 20. The van der Waals surface area contributed by atoms with Crippen molar-refractivity contribution in [2.45, 2.75) is 90.1 Å². The summed E-state index contributed by atoms with van der Waals surface area (Å²) < 4.78 is 46.8. The molecule has 4 rings (SSSR count). The van der Waals surface area contributed by atoms with E-state index in [1.165, 1.54) is 11.1 Å². The summed E-state index contributed by atoms with van der Waals surface area (Å²) in [7, 11) is 10.4. The van der Waals surface area contributed by atoms with E-state index < -0.39 is 5.91 Å². The predicted molar refractivity (Wildman–Crippen MR) is 370 cm³/mol. The summed E-state index contributed by atoms with van der Waals surface area (Å²) in [5, 5.41) is 19.9. The van der Waals surface area contributed by atoms with E-state index in [9.17, 15) is 19.2 Å². The van der Waals surface area contributed by atoms with Gasteiger partial charge in [-0.15, -0.1) is 0 Å². The van der Waals surface area contributed by atoms with Gasteiger partial charge in [-0.2, -0.15) is 0 Å². The van der Waals surface area contributed by atoms with Crippen molar-refractivity contribution in [1.82, 2.24) is 51.8 Å². The van der Waals surface area contributed by atoms with Gasteiger partial charge < -0.3 is 101 Å². The second kappa shape index (κ2) is 46.3. The number of carbonyl (C=O) groups is 4. The van der Waals surface area contributed by atoms with E-state index in [1.54, 1.807) is 7.05 Å². The molecule has 532 valence electrons. The molecule has 2 atom stereocenters. The van der Waals surface area contributed by atoms with Crippen molar-refractivity contribution in [3.8, 4) is 11.5 Å². The standard InChI is InChI=1S/C65H106Cl2N16O12/c1-8-14-50(46-76-62(84)54-58(68)80-59(69)56(66)78-54)82(4,5)30-12-16-48-18-22-52(23-19-48)94-44-42-92-40-38-90-36-34-88-32-28-74-64(86)72-26-10-11-27-73-65(87)75-29-33-89-35-37-91-39-41-93-43-45-95-53-24-20-49(21-25-53)17-13-31-83(6,7)51(15-9-2)47-77-63(85)55-61(71-3)81-60(70)57(67)79-55/h18-25,50-51H,8-17,26-47H2,1-7H3,(H11-2,68,69,70,71,72,73,74,75,76,77,80,81,84,85,86,87)/p+2. The van der Waals surface area contributed by atoms with Gasteiger partial charge in [-0.3, -0.25) is 9.59 Å². The third-order valence-corrected chi connectivity index (χ3v) is 16.2. The van der Waals surface area contributed by atoms with Crippen LogP contribution in [0.2, 0.25) is 10.3 Å². The number of nitrogens with one attached hydrogen (secondary N) is 7. The van der Waals surface area contributed by atoms with Crippen LogP contribution >= 0.6 is 23.2 Å². The monoisotopic (exact) mass is 1370 g/mol. The molecule has 0 spiro atoms. The Bertz CT molecular complexity index is 2830. The smallest absolute Gasteiger partial charge is 0.314 e. The van der Waals surface area contributed by atoms with Gasteiger partial charge >= 0.3 is 12.1 Å². The number of carbonyl (C=O) groups excluding carboxylic acids is 4. The zero-order valence-corrected chi connectivity index (χ0v) is 58.5. The molecular weight excluding hydrogens is 1270 g/mol. The molecule has 13 N–H and O–H groups in total. The first kappa shape index (κ1) is 80.6. The van der Waals surface area contributed by atoms with Crippen molar-refractivity contribution in [3.63, 3.8) is 0 Å². The number of quaternary nitrogens is 2. The lowest BCUT2D eigenvalue weighted by atomic mass is 10.1. The molecule has 0 aliphatic carbocycles. The lowest BCUT2D eigenvalue weighted by Crippen LogP contribution is -2.54. The average molecular weight is 1380 g/mol. The number of rotatable bonds is 52. The van der Waals surface area contributed by atoms with E-state index in [2.05, 4.69) is 123 Å². The van der Waals surface area contributed by atoms with E-state index >= 15 is 0 Å². The number of urea groups is 2. The molecule has 0 radical (unpaired) electrons. The number of amides is 6. The van der Waals surface area contributed by atoms with Crippen LogP contribution in [-0.2, 0) is 41.3 Å². The van der Waals surface area contributed by atoms with E-state index in [-0.39, 0.29) is 75.0 Å². The Hall–Kier alpha value is -6.86. The highest BCUT2D eigenvalue weighted by molar-refractivity contribution is 6.32. The van der Waals surface area contributed by atoms with Crippen molar-refractivity contribution in [2.75, 3.05) is 203 Å². The molecule has 0 aliphatic heterocycles. The Balaban J connectivity index is 0.859. The minimum atomic E-state index is -0.430. The molecule has 0 saturated carbocycles. The minimum Gasteiger partial charge on any atom is -0.491 e. The molecule has 2 heterocycles. The molecule has 30 heteroatoms. The van der Waals surface area contributed by atoms with Gasteiger partial charge in [0.05, 0.1) is 134 Å². The number of unbranched alkanes of at least 4 members (excludes halogenated alkanes) is 1. The van der Waals surface area contributed by atoms with Crippen LogP contribution in [-0.4, -0.2) is 245 Å². The normalized spacial score (nSPS) is 12.2. The van der Waals surface area contributed by atoms with Crippen molar-refractivity contribution in [1.29, 1.82) is 0 Å². The van der Waals surface area contributed by atoms with Crippen LogP contribution in [0.3, 0.4) is 0 Å². The number of ether oxygens (including phenoxy) is 8. The number of aryl methyl sites for hydroxylation is 2. The minimum absolute atomic E-state index is 0.00535. The van der Waals surface area contributed by atoms with Crippen LogP contribution in [0.5, 0.6) is 11.5 Å². The van der Waals surface area contributed by atoms with Gasteiger partial charge in [0.25, 0.3) is 11.8 Å². The van der Waals surface area contributed by atoms with E-state index in [0.29, 0.717) is 145 Å². The number of halogens is 2. The summed E-state index contributed by atoms with van der Waals surface area (Å²) in [6, 6.07) is 16.1. The van der Waals surface area contributed by atoms with Gasteiger partial charge in [0, 0.05) is 58.9 Å². The van der Waals surface area contributed by atoms with Gasteiger partial charge in [0.1, 0.15) is 36.8 Å². The van der Waals surface area contributed by atoms with Crippen molar-refractivity contribution in [2.24, 2.45) is 0 Å². The highest BCUT2D eigenvalue weighted by Gasteiger charge is 2.30. The van der Waals surface area contributed by atoms with E-state index in [0.717, 1.165) is 84.9 Å². The SMILES string of the molecule is CCCC(CNC(=O)c1nc(Cl)c(N)nc1N)[N+](C)(C)CCCc1ccc(OCCOCCOCCOCCNC(=O)NCCCCNC(=O)NCCOCCOCCOCCOc2ccc(CCC[N+](C)(C)C(CCC)CNC(=O)c3nc(Cl)c(N)nc3NC)cc2)cc1. The van der Waals surface area contributed by atoms with E-state index in [1.807, 2.05) is 24.3 Å². The molecule has 95 heavy (non-hydrogen) atoms. The van der Waals surface area contributed by atoms with Gasteiger partial charge in [-0.25, -0.2) is 29.5 Å². The number of nitrogens with zero attached hydrogens (tertiary/aromatic N) is 6. The van der Waals surface area contributed by atoms with Crippen LogP contribution in [0, 0.1) is 0 Å². The first-order valence-electron chi connectivity index (χ1n) is 33.0. The molecule has 28 nitrogen and oxygen atoms in total. The van der Waals surface area contributed by atoms with Crippen LogP contribution in [0.25, 0.3) is 0 Å². The Morgan fingerprint density at radius 3 is 1.21 bits per heavy atom. The Labute approximate surface area is 571 Å². The topological polar surface area (TPSA) is 356 Å². The maximum absolute atomic E-state index is 13.1. The van der Waals surface area contributed by atoms with Gasteiger partial charge in [0.15, 0.2) is 45.0 Å². The van der Waals surface area contributed by atoms with Gasteiger partial charge in [-0.05, 0) is 61.1 Å². The fourth-order valence-corrected chi connectivity index (χ4v) is 10.3. The third-order valence-electron chi connectivity index (χ3n) is 15.6. The van der Waals surface area contributed by atoms with Crippen molar-refractivity contribution in [3.05, 3.63) is 81.4 Å². The highest BCUT2D eigenvalue weighted by Crippen LogP contribution is 2.23. The lowest BCUT2D eigenvalue weighted by Gasteiger charge is -2.38. The summed E-state index contributed by atoms with van der Waals surface area (Å²) >= 11 is 12.0. The second-order valence-electron chi connectivity index (χ2n) is 23.7. The molecule has 6 amide bonds. The number of hydrogen-bond donors (Lipinski definition) is 10. The zero-order chi connectivity index (χ0) is 69.1.